The number of carbonyl (C=O) groups excluding carboxylic acids is 2. The minimum Gasteiger partial charge on any atom is -0.508 e. The van der Waals surface area contributed by atoms with Gasteiger partial charge in [-0.25, -0.2) is 0 Å². The van der Waals surface area contributed by atoms with Gasteiger partial charge in [0.1, 0.15) is 11.5 Å². The van der Waals surface area contributed by atoms with Crippen molar-refractivity contribution in [1.82, 2.24) is 4.90 Å². The predicted molar refractivity (Wildman–Crippen MR) is 94.1 cm³/mol. The molecule has 1 fully saturated rings. The van der Waals surface area contributed by atoms with Crippen LogP contribution in [0.5, 0.6) is 11.5 Å². The van der Waals surface area contributed by atoms with Crippen LogP contribution in [0.2, 0.25) is 0 Å². The quantitative estimate of drug-likeness (QED) is 0.809. The molecule has 3 rings (SSSR count). The molecule has 0 radical (unpaired) electrons. The first-order chi connectivity index (χ1) is 12.9. The summed E-state index contributed by atoms with van der Waals surface area (Å²) in [6.07, 6.45) is 1.05. The molecule has 1 amide bonds. The number of phenols is 1. The SMILES string of the molecule is O=C(c1ccc(O)cc1)C1CCN(C(=O)c2cccc(OC(F)F)c2)CC1. The number of hydrogen-bond acceptors (Lipinski definition) is 4. The highest BCUT2D eigenvalue weighted by atomic mass is 19.3. The van der Waals surface area contributed by atoms with Gasteiger partial charge in [-0.3, -0.25) is 9.59 Å². The first kappa shape index (κ1) is 18.8. The summed E-state index contributed by atoms with van der Waals surface area (Å²) >= 11 is 0. The van der Waals surface area contributed by atoms with Crippen molar-refractivity contribution in [2.45, 2.75) is 19.5 Å². The van der Waals surface area contributed by atoms with Crippen molar-refractivity contribution in [3.05, 3.63) is 59.7 Å². The number of amides is 1. The zero-order valence-electron chi connectivity index (χ0n) is 14.5. The lowest BCUT2D eigenvalue weighted by atomic mass is 9.88. The summed E-state index contributed by atoms with van der Waals surface area (Å²) in [7, 11) is 0. The Bertz CT molecular complexity index is 815. The van der Waals surface area contributed by atoms with E-state index < -0.39 is 6.61 Å². The Morgan fingerprint density at radius 3 is 2.33 bits per heavy atom. The molecule has 2 aromatic carbocycles. The number of nitrogens with zero attached hydrogens (tertiary/aromatic N) is 1. The van der Waals surface area contributed by atoms with E-state index >= 15 is 0 Å². The van der Waals surface area contributed by atoms with E-state index in [2.05, 4.69) is 4.74 Å². The van der Waals surface area contributed by atoms with Crippen LogP contribution in [0.3, 0.4) is 0 Å². The second-order valence-electron chi connectivity index (χ2n) is 6.38. The highest BCUT2D eigenvalue weighted by Crippen LogP contribution is 2.25. The summed E-state index contributed by atoms with van der Waals surface area (Å²) in [5, 5.41) is 9.31. The molecule has 0 atom stereocenters. The molecule has 1 saturated heterocycles. The van der Waals surface area contributed by atoms with Gasteiger partial charge in [-0.2, -0.15) is 8.78 Å². The number of ketones is 1. The van der Waals surface area contributed by atoms with Gasteiger partial charge in [-0.1, -0.05) is 6.07 Å². The largest absolute Gasteiger partial charge is 0.508 e. The standard InChI is InChI=1S/C20H19F2NO4/c21-20(22)27-17-3-1-2-15(12-17)19(26)23-10-8-14(9-11-23)18(25)13-4-6-16(24)7-5-13/h1-7,12,14,20,24H,8-11H2. The zero-order chi connectivity index (χ0) is 19.4. The average molecular weight is 375 g/mol. The molecule has 27 heavy (non-hydrogen) atoms. The van der Waals surface area contributed by atoms with Crippen LogP contribution in [0.15, 0.2) is 48.5 Å². The number of halogens is 2. The van der Waals surface area contributed by atoms with E-state index in [4.69, 9.17) is 0 Å². The number of piperidine rings is 1. The third-order valence-corrected chi connectivity index (χ3v) is 4.61. The Balaban J connectivity index is 1.61. The maximum absolute atomic E-state index is 12.6. The summed E-state index contributed by atoms with van der Waals surface area (Å²) in [5.74, 6) is -0.426. The van der Waals surface area contributed by atoms with Crippen LogP contribution in [-0.4, -0.2) is 41.4 Å². The fourth-order valence-electron chi connectivity index (χ4n) is 3.19. The predicted octanol–water partition coefficient (Wildman–Crippen LogP) is 3.73. The molecule has 0 bridgehead atoms. The zero-order valence-corrected chi connectivity index (χ0v) is 14.5. The number of Topliss-reactive ketones (excluding diaryl/α,β-unsaturated/α-hetero) is 1. The fraction of sp³-hybridized carbons (Fsp3) is 0.300. The summed E-state index contributed by atoms with van der Waals surface area (Å²) in [6, 6.07) is 11.8. The number of hydrogen-bond donors (Lipinski definition) is 1. The molecule has 0 aliphatic carbocycles. The van der Waals surface area contributed by atoms with Crippen molar-refractivity contribution < 1.29 is 28.2 Å². The molecule has 0 spiro atoms. The Hall–Kier alpha value is -2.96. The van der Waals surface area contributed by atoms with Crippen LogP contribution in [-0.2, 0) is 0 Å². The molecule has 0 aromatic heterocycles. The van der Waals surface area contributed by atoms with E-state index in [1.807, 2.05) is 0 Å². The number of rotatable bonds is 5. The van der Waals surface area contributed by atoms with Crippen molar-refractivity contribution >= 4 is 11.7 Å². The third-order valence-electron chi connectivity index (χ3n) is 4.61. The first-order valence-electron chi connectivity index (χ1n) is 8.61. The van der Waals surface area contributed by atoms with Gasteiger partial charge in [0, 0.05) is 30.1 Å². The molecule has 1 N–H and O–H groups in total. The number of carbonyl (C=O) groups is 2. The lowest BCUT2D eigenvalue weighted by Gasteiger charge is -2.31. The highest BCUT2D eigenvalue weighted by Gasteiger charge is 2.28. The smallest absolute Gasteiger partial charge is 0.387 e. The van der Waals surface area contributed by atoms with Crippen molar-refractivity contribution in [2.24, 2.45) is 5.92 Å². The van der Waals surface area contributed by atoms with E-state index in [-0.39, 0.29) is 34.7 Å². The second kappa shape index (κ2) is 8.16. The summed E-state index contributed by atoms with van der Waals surface area (Å²) in [4.78, 5) is 26.7. The van der Waals surface area contributed by atoms with Crippen molar-refractivity contribution in [2.75, 3.05) is 13.1 Å². The minimum absolute atomic E-state index is 0.00516. The molecule has 5 nitrogen and oxygen atoms in total. The molecule has 1 aliphatic heterocycles. The Morgan fingerprint density at radius 1 is 1.04 bits per heavy atom. The van der Waals surface area contributed by atoms with E-state index in [1.54, 1.807) is 23.1 Å². The number of benzene rings is 2. The summed E-state index contributed by atoms with van der Waals surface area (Å²) in [5.41, 5.74) is 0.811. The summed E-state index contributed by atoms with van der Waals surface area (Å²) in [6.45, 7) is -2.13. The maximum Gasteiger partial charge on any atom is 0.387 e. The molecule has 1 aliphatic rings. The van der Waals surface area contributed by atoms with E-state index in [1.165, 1.54) is 30.3 Å². The molecule has 7 heteroatoms. The third kappa shape index (κ3) is 4.61. The topological polar surface area (TPSA) is 66.8 Å². The van der Waals surface area contributed by atoms with E-state index in [0.29, 0.717) is 31.5 Å². The molecule has 2 aromatic rings. The van der Waals surface area contributed by atoms with E-state index in [0.717, 1.165) is 0 Å². The number of aromatic hydroxyl groups is 1. The lowest BCUT2D eigenvalue weighted by Crippen LogP contribution is -2.40. The van der Waals surface area contributed by atoms with Crippen LogP contribution >= 0.6 is 0 Å². The normalized spacial score (nSPS) is 15.0. The van der Waals surface area contributed by atoms with E-state index in [9.17, 15) is 23.5 Å². The van der Waals surface area contributed by atoms with Gasteiger partial charge in [0.2, 0.25) is 0 Å². The van der Waals surface area contributed by atoms with Crippen LogP contribution in [0, 0.1) is 5.92 Å². The number of phenolic OH excluding ortho intramolecular Hbond substituents is 1. The van der Waals surface area contributed by atoms with Crippen LogP contribution in [0.25, 0.3) is 0 Å². The van der Waals surface area contributed by atoms with Gasteiger partial charge < -0.3 is 14.7 Å². The molecule has 1 heterocycles. The monoisotopic (exact) mass is 375 g/mol. The maximum atomic E-state index is 12.6. The molecular formula is C20H19F2NO4. The van der Waals surface area contributed by atoms with Gasteiger partial charge >= 0.3 is 6.61 Å². The molecule has 142 valence electrons. The Kier molecular flexibility index (Phi) is 5.69. The average Bonchev–Trinajstić information content (AvgIpc) is 2.67. The lowest BCUT2D eigenvalue weighted by molar-refractivity contribution is -0.0499. The van der Waals surface area contributed by atoms with Gasteiger partial charge in [-0.05, 0) is 55.3 Å². The molecular weight excluding hydrogens is 356 g/mol. The summed E-state index contributed by atoms with van der Waals surface area (Å²) < 4.78 is 29.0. The minimum atomic E-state index is -2.95. The van der Waals surface area contributed by atoms with Crippen molar-refractivity contribution in [3.8, 4) is 11.5 Å². The number of likely N-dealkylation sites (tertiary alicyclic amines) is 1. The van der Waals surface area contributed by atoms with Crippen LogP contribution in [0.4, 0.5) is 8.78 Å². The van der Waals surface area contributed by atoms with Crippen molar-refractivity contribution in [3.63, 3.8) is 0 Å². The van der Waals surface area contributed by atoms with Gasteiger partial charge in [0.15, 0.2) is 5.78 Å². The molecule has 0 unspecified atom stereocenters. The highest BCUT2D eigenvalue weighted by molar-refractivity contribution is 5.98. The first-order valence-corrected chi connectivity index (χ1v) is 8.61. The molecule has 0 saturated carbocycles. The number of alkyl halides is 2. The van der Waals surface area contributed by atoms with Gasteiger partial charge in [-0.15, -0.1) is 0 Å². The van der Waals surface area contributed by atoms with Crippen molar-refractivity contribution in [1.29, 1.82) is 0 Å². The Morgan fingerprint density at radius 2 is 1.70 bits per heavy atom. The van der Waals surface area contributed by atoms with Gasteiger partial charge in [0.05, 0.1) is 0 Å². The Labute approximate surface area is 155 Å². The van der Waals surface area contributed by atoms with Crippen LogP contribution in [0.1, 0.15) is 33.6 Å². The number of ether oxygens (including phenoxy) is 1. The van der Waals surface area contributed by atoms with Gasteiger partial charge in [0.25, 0.3) is 5.91 Å². The fourth-order valence-corrected chi connectivity index (χ4v) is 3.19. The van der Waals surface area contributed by atoms with Crippen LogP contribution < -0.4 is 4.74 Å². The second-order valence-corrected chi connectivity index (χ2v) is 6.38.